The Morgan fingerprint density at radius 3 is 2.58 bits per heavy atom. The molecule has 43 heavy (non-hydrogen) atoms. The second-order valence-electron chi connectivity index (χ2n) is 11.8. The summed E-state index contributed by atoms with van der Waals surface area (Å²) in [6, 6.07) is 6.81. The van der Waals surface area contributed by atoms with Crippen LogP contribution in [0.5, 0.6) is 0 Å². The van der Waals surface area contributed by atoms with E-state index in [0.717, 1.165) is 37.1 Å². The molecule has 1 aliphatic heterocycles. The molecule has 226 valence electrons. The molecule has 5 rings (SSSR count). The van der Waals surface area contributed by atoms with E-state index in [2.05, 4.69) is 75.9 Å². The van der Waals surface area contributed by atoms with E-state index in [1.165, 1.54) is 38.7 Å². The van der Waals surface area contributed by atoms with Gasteiger partial charge in [-0.3, -0.25) is 15.0 Å². The Kier molecular flexibility index (Phi) is 8.63. The number of carbonyl (C=O) groups excluding carboxylic acids is 1. The number of nitrogens with zero attached hydrogens (tertiary/aromatic N) is 6. The van der Waals surface area contributed by atoms with Gasteiger partial charge in [0.2, 0.25) is 11.9 Å². The number of hydrogen-bond donors (Lipinski definition) is 3. The zero-order valence-electron chi connectivity index (χ0n) is 25.6. The molecule has 0 atom stereocenters. The summed E-state index contributed by atoms with van der Waals surface area (Å²) in [6.45, 7) is 14.4. The van der Waals surface area contributed by atoms with Crippen molar-refractivity contribution in [1.82, 2.24) is 34.1 Å². The maximum atomic E-state index is 13.2. The quantitative estimate of drug-likeness (QED) is 0.115. The first-order chi connectivity index (χ1) is 20.6. The maximum absolute atomic E-state index is 13.2. The summed E-state index contributed by atoms with van der Waals surface area (Å²) in [4.78, 5) is 36.9. The van der Waals surface area contributed by atoms with Crippen molar-refractivity contribution in [3.05, 3.63) is 71.3 Å². The number of piperidine rings is 1. The van der Waals surface area contributed by atoms with Crippen LogP contribution in [0.4, 0.5) is 11.6 Å². The van der Waals surface area contributed by atoms with Gasteiger partial charge in [-0.2, -0.15) is 4.98 Å². The highest BCUT2D eigenvalue weighted by molar-refractivity contribution is 6.02. The smallest absolute Gasteiger partial charge is 0.278 e. The molecular formula is C32H41N9O2. The Bertz CT molecular complexity index is 1760. The highest BCUT2D eigenvalue weighted by Crippen LogP contribution is 2.35. The second-order valence-corrected chi connectivity index (χ2v) is 11.8. The zero-order chi connectivity index (χ0) is 30.8. The summed E-state index contributed by atoms with van der Waals surface area (Å²) in [6.07, 6.45) is 10.2. The normalized spacial score (nSPS) is 14.9. The van der Waals surface area contributed by atoms with E-state index in [9.17, 15) is 9.59 Å². The topological polar surface area (TPSA) is 126 Å². The number of fused-ring (bicyclic) bond motifs is 2. The van der Waals surface area contributed by atoms with Gasteiger partial charge in [0.1, 0.15) is 11.2 Å². The van der Waals surface area contributed by atoms with Crippen LogP contribution in [-0.4, -0.2) is 65.7 Å². The summed E-state index contributed by atoms with van der Waals surface area (Å²) < 4.78 is 4.90. The molecule has 1 aromatic carbocycles. The molecule has 0 radical (unpaired) electrons. The van der Waals surface area contributed by atoms with Crippen molar-refractivity contribution < 1.29 is 4.79 Å². The molecule has 3 aromatic heterocycles. The van der Waals surface area contributed by atoms with Crippen LogP contribution in [0.3, 0.4) is 0 Å². The largest absolute Gasteiger partial charge is 0.350 e. The molecule has 11 heteroatoms. The number of amides is 1. The van der Waals surface area contributed by atoms with Crippen LogP contribution < -0.4 is 16.2 Å². The predicted octanol–water partition coefficient (Wildman–Crippen LogP) is 4.51. The van der Waals surface area contributed by atoms with E-state index in [1.54, 1.807) is 6.08 Å². The van der Waals surface area contributed by atoms with Crippen LogP contribution in [-0.2, 0) is 18.4 Å². The van der Waals surface area contributed by atoms with Gasteiger partial charge in [0, 0.05) is 48.7 Å². The average Bonchev–Trinajstić information content (AvgIpc) is 3.44. The van der Waals surface area contributed by atoms with Crippen molar-refractivity contribution in [1.29, 1.82) is 5.41 Å². The first kappa shape index (κ1) is 30.0. The molecule has 4 heterocycles. The van der Waals surface area contributed by atoms with Gasteiger partial charge in [0.15, 0.2) is 5.65 Å². The van der Waals surface area contributed by atoms with Crippen molar-refractivity contribution in [2.24, 2.45) is 7.05 Å². The fraction of sp³-hybridized carbons (Fsp3) is 0.406. The van der Waals surface area contributed by atoms with Gasteiger partial charge in [-0.1, -0.05) is 12.1 Å². The molecule has 4 aromatic rings. The standard InChI is InChI=1S/C32H41N9O2/c1-7-14-40-31(43)25-18-34-32(37-30(25)41(40)28(33)10-11-29(42)35-20(2)3)36-23-8-9-24-26(19-38(6)27(24)17-23)22-12-15-39(16-13-22)21(4)5/h7-11,17-22,33H,1,12-16H2,2-6H3,(H,35,42)(H,34,36,37)/b11-10-,33-28?. The summed E-state index contributed by atoms with van der Waals surface area (Å²) in [7, 11) is 2.07. The lowest BCUT2D eigenvalue weighted by atomic mass is 9.89. The number of aryl methyl sites for hydroxylation is 1. The molecule has 0 saturated carbocycles. The van der Waals surface area contributed by atoms with Gasteiger partial charge in [0.05, 0.1) is 12.1 Å². The molecule has 1 aliphatic rings. The van der Waals surface area contributed by atoms with Crippen molar-refractivity contribution in [3.8, 4) is 0 Å². The minimum absolute atomic E-state index is 0.0385. The van der Waals surface area contributed by atoms with Crippen LogP contribution >= 0.6 is 0 Å². The number of allylic oxidation sites excluding steroid dienone is 2. The molecule has 1 fully saturated rings. The lowest BCUT2D eigenvalue weighted by Crippen LogP contribution is -2.37. The minimum atomic E-state index is -0.344. The molecule has 3 N–H and O–H groups in total. The van der Waals surface area contributed by atoms with Crippen LogP contribution in [0.15, 0.2) is 60.2 Å². The first-order valence-electron chi connectivity index (χ1n) is 14.8. The number of aromatic nitrogens is 5. The van der Waals surface area contributed by atoms with E-state index >= 15 is 0 Å². The Balaban J connectivity index is 1.44. The number of nitrogens with one attached hydrogen (secondary N) is 3. The molecular weight excluding hydrogens is 542 g/mol. The number of carbonyl (C=O) groups is 1. The monoisotopic (exact) mass is 583 g/mol. The third-order valence-electron chi connectivity index (χ3n) is 8.01. The van der Waals surface area contributed by atoms with E-state index in [0.29, 0.717) is 17.9 Å². The first-order valence-corrected chi connectivity index (χ1v) is 14.8. The SMILES string of the molecule is C=CCn1c(=O)c2cnc(Nc3ccc4c(C5CCN(C(C)C)CC5)cn(C)c4c3)nc2n1C(=N)/C=C\C(=O)NC(C)C. The number of likely N-dealkylation sites (tertiary alicyclic amines) is 1. The van der Waals surface area contributed by atoms with Gasteiger partial charge in [0.25, 0.3) is 5.56 Å². The van der Waals surface area contributed by atoms with E-state index in [4.69, 9.17) is 5.41 Å². The molecule has 0 unspecified atom stereocenters. The fourth-order valence-electron chi connectivity index (χ4n) is 5.85. The van der Waals surface area contributed by atoms with Gasteiger partial charge in [-0.25, -0.2) is 14.3 Å². The molecule has 1 saturated heterocycles. The molecule has 11 nitrogen and oxygen atoms in total. The van der Waals surface area contributed by atoms with Crippen LogP contribution in [0.25, 0.3) is 21.9 Å². The van der Waals surface area contributed by atoms with Gasteiger partial charge in [-0.05, 0) is 83.3 Å². The van der Waals surface area contributed by atoms with E-state index in [-0.39, 0.29) is 40.9 Å². The van der Waals surface area contributed by atoms with Crippen LogP contribution in [0.2, 0.25) is 0 Å². The fourth-order valence-corrected chi connectivity index (χ4v) is 5.85. The van der Waals surface area contributed by atoms with Crippen LogP contribution in [0.1, 0.15) is 52.0 Å². The third kappa shape index (κ3) is 6.17. The maximum Gasteiger partial charge on any atom is 0.278 e. The second kappa shape index (κ2) is 12.4. The van der Waals surface area contributed by atoms with Crippen molar-refractivity contribution in [2.45, 2.75) is 65.1 Å². The number of rotatable bonds is 9. The van der Waals surface area contributed by atoms with Gasteiger partial charge in [-0.15, -0.1) is 6.58 Å². The minimum Gasteiger partial charge on any atom is -0.350 e. The summed E-state index contributed by atoms with van der Waals surface area (Å²) in [5, 5.41) is 16.2. The highest BCUT2D eigenvalue weighted by Gasteiger charge is 2.25. The third-order valence-corrected chi connectivity index (χ3v) is 8.01. The van der Waals surface area contributed by atoms with Gasteiger partial charge < -0.3 is 20.1 Å². The summed E-state index contributed by atoms with van der Waals surface area (Å²) in [5.74, 6) is 0.419. The molecule has 0 bridgehead atoms. The Morgan fingerprint density at radius 2 is 1.91 bits per heavy atom. The summed E-state index contributed by atoms with van der Waals surface area (Å²) >= 11 is 0. The Hall–Kier alpha value is -4.51. The molecule has 1 amide bonds. The van der Waals surface area contributed by atoms with Gasteiger partial charge >= 0.3 is 0 Å². The molecule has 0 spiro atoms. The zero-order valence-corrected chi connectivity index (χ0v) is 25.6. The van der Waals surface area contributed by atoms with Crippen molar-refractivity contribution >= 4 is 45.3 Å². The highest BCUT2D eigenvalue weighted by atomic mass is 16.1. The number of anilines is 2. The van der Waals surface area contributed by atoms with Crippen molar-refractivity contribution in [2.75, 3.05) is 18.4 Å². The predicted molar refractivity (Wildman–Crippen MR) is 172 cm³/mol. The van der Waals surface area contributed by atoms with E-state index < -0.39 is 0 Å². The lowest BCUT2D eigenvalue weighted by molar-refractivity contribution is -0.116. The Morgan fingerprint density at radius 1 is 1.16 bits per heavy atom. The molecule has 0 aliphatic carbocycles. The van der Waals surface area contributed by atoms with Crippen LogP contribution in [0, 0.1) is 5.41 Å². The Labute approximate surface area is 251 Å². The number of hydrogen-bond acceptors (Lipinski definition) is 7. The van der Waals surface area contributed by atoms with E-state index in [1.807, 2.05) is 19.9 Å². The van der Waals surface area contributed by atoms with Crippen molar-refractivity contribution in [3.63, 3.8) is 0 Å². The number of benzene rings is 1. The average molecular weight is 584 g/mol. The summed E-state index contributed by atoms with van der Waals surface area (Å²) in [5.41, 5.74) is 3.25. The lowest BCUT2D eigenvalue weighted by Gasteiger charge is -2.34.